The maximum absolute atomic E-state index is 13.7. The Bertz CT molecular complexity index is 1050. The van der Waals surface area contributed by atoms with Gasteiger partial charge in [-0.15, -0.1) is 0 Å². The highest BCUT2D eigenvalue weighted by molar-refractivity contribution is 5.98. The second-order valence-corrected chi connectivity index (χ2v) is 8.57. The van der Waals surface area contributed by atoms with Crippen molar-refractivity contribution in [2.75, 3.05) is 5.32 Å². The van der Waals surface area contributed by atoms with Crippen molar-refractivity contribution in [3.8, 4) is 0 Å². The second kappa shape index (κ2) is 6.07. The van der Waals surface area contributed by atoms with E-state index in [4.69, 9.17) is 0 Å². The van der Waals surface area contributed by atoms with Crippen LogP contribution in [0.5, 0.6) is 0 Å². The maximum atomic E-state index is 13.7. The summed E-state index contributed by atoms with van der Waals surface area (Å²) in [4.78, 5) is 13.7. The molecule has 0 spiro atoms. The predicted molar refractivity (Wildman–Crippen MR) is 114 cm³/mol. The van der Waals surface area contributed by atoms with Crippen molar-refractivity contribution >= 4 is 11.6 Å². The molecule has 0 heterocycles. The van der Waals surface area contributed by atoms with E-state index < -0.39 is 5.41 Å². The molecule has 0 aromatic heterocycles. The number of benzene rings is 3. The Hall–Kier alpha value is -2.87. The molecule has 2 nitrogen and oxygen atoms in total. The summed E-state index contributed by atoms with van der Waals surface area (Å²) in [6.07, 6.45) is 0.850. The molecule has 140 valence electrons. The quantitative estimate of drug-likeness (QED) is 0.597. The minimum absolute atomic E-state index is 0.0926. The molecule has 0 saturated heterocycles. The van der Waals surface area contributed by atoms with Gasteiger partial charge in [0.25, 0.3) is 0 Å². The molecule has 0 radical (unpaired) electrons. The van der Waals surface area contributed by atoms with Crippen LogP contribution >= 0.6 is 0 Å². The Morgan fingerprint density at radius 3 is 2.04 bits per heavy atom. The zero-order valence-corrected chi connectivity index (χ0v) is 16.6. The van der Waals surface area contributed by atoms with Crippen LogP contribution in [0.1, 0.15) is 58.6 Å². The van der Waals surface area contributed by atoms with Gasteiger partial charge in [0.1, 0.15) is 0 Å². The third kappa shape index (κ3) is 2.30. The summed E-state index contributed by atoms with van der Waals surface area (Å²) in [5, 5.41) is 3.27. The van der Waals surface area contributed by atoms with Gasteiger partial charge < -0.3 is 5.32 Å². The van der Waals surface area contributed by atoms with Gasteiger partial charge in [0.15, 0.2) is 0 Å². The third-order valence-electron chi connectivity index (χ3n) is 7.00. The second-order valence-electron chi connectivity index (χ2n) is 8.57. The first kappa shape index (κ1) is 17.2. The van der Waals surface area contributed by atoms with Gasteiger partial charge in [0.05, 0.1) is 5.41 Å². The normalized spacial score (nSPS) is 24.4. The summed E-state index contributed by atoms with van der Waals surface area (Å²) in [7, 11) is 0. The van der Waals surface area contributed by atoms with Crippen LogP contribution in [0.15, 0.2) is 66.7 Å². The van der Waals surface area contributed by atoms with Gasteiger partial charge in [-0.3, -0.25) is 4.79 Å². The Kier molecular flexibility index (Phi) is 3.74. The molecule has 28 heavy (non-hydrogen) atoms. The molecular weight excluding hydrogens is 342 g/mol. The molecule has 0 fully saturated rings. The zero-order valence-electron chi connectivity index (χ0n) is 16.6. The van der Waals surface area contributed by atoms with Crippen LogP contribution in [-0.4, -0.2) is 5.91 Å². The summed E-state index contributed by atoms with van der Waals surface area (Å²) >= 11 is 0. The first-order chi connectivity index (χ1) is 13.5. The van der Waals surface area contributed by atoms with Crippen molar-refractivity contribution in [3.63, 3.8) is 0 Å². The summed E-state index contributed by atoms with van der Waals surface area (Å²) in [6, 6.07) is 23.5. The fourth-order valence-corrected chi connectivity index (χ4v) is 5.34. The molecule has 2 heteroatoms. The molecule has 6 rings (SSSR count). The average molecular weight is 367 g/mol. The molecule has 1 N–H and O–H groups in total. The van der Waals surface area contributed by atoms with Gasteiger partial charge in [-0.1, -0.05) is 60.7 Å². The average Bonchev–Trinajstić information content (AvgIpc) is 2.71. The van der Waals surface area contributed by atoms with Crippen LogP contribution in [0.2, 0.25) is 0 Å². The number of carbonyl (C=O) groups excluding carboxylic acids is 1. The van der Waals surface area contributed by atoms with Crippen molar-refractivity contribution in [3.05, 3.63) is 100 Å². The van der Waals surface area contributed by atoms with Gasteiger partial charge >= 0.3 is 0 Å². The maximum Gasteiger partial charge on any atom is 0.231 e. The van der Waals surface area contributed by atoms with Crippen LogP contribution in [0.25, 0.3) is 0 Å². The largest absolute Gasteiger partial charge is 0.325 e. The minimum Gasteiger partial charge on any atom is -0.325 e. The Labute approximate surface area is 166 Å². The lowest BCUT2D eigenvalue weighted by Crippen LogP contribution is -2.47. The molecule has 0 aliphatic heterocycles. The Balaban J connectivity index is 1.61. The lowest BCUT2D eigenvalue weighted by Gasteiger charge is -2.50. The lowest BCUT2D eigenvalue weighted by molar-refractivity contribution is -0.126. The number of amides is 1. The smallest absolute Gasteiger partial charge is 0.231 e. The third-order valence-corrected chi connectivity index (χ3v) is 7.00. The number of anilines is 1. The monoisotopic (exact) mass is 367 g/mol. The summed E-state index contributed by atoms with van der Waals surface area (Å²) in [6.45, 7) is 6.31. The minimum atomic E-state index is -0.469. The van der Waals surface area contributed by atoms with Gasteiger partial charge in [-0.25, -0.2) is 0 Å². The van der Waals surface area contributed by atoms with Crippen molar-refractivity contribution < 1.29 is 4.79 Å². The molecule has 0 unspecified atom stereocenters. The number of rotatable bonds is 2. The van der Waals surface area contributed by atoms with E-state index in [-0.39, 0.29) is 17.7 Å². The summed E-state index contributed by atoms with van der Waals surface area (Å²) in [5.41, 5.74) is 8.21. The fourth-order valence-electron chi connectivity index (χ4n) is 5.34. The highest BCUT2D eigenvalue weighted by atomic mass is 16.2. The molecule has 0 saturated carbocycles. The van der Waals surface area contributed by atoms with E-state index in [0.29, 0.717) is 0 Å². The topological polar surface area (TPSA) is 29.1 Å². The SMILES string of the molecule is Cc1cccc(NC(=O)[C@@]2(C)CC3c4ccccc4C2c2ccccc23)c1C. The van der Waals surface area contributed by atoms with E-state index in [0.717, 1.165) is 17.7 Å². The molecule has 2 bridgehead atoms. The summed E-state index contributed by atoms with van der Waals surface area (Å²) < 4.78 is 0. The first-order valence-corrected chi connectivity index (χ1v) is 10.1. The van der Waals surface area contributed by atoms with Crippen molar-refractivity contribution in [2.45, 2.75) is 39.0 Å². The van der Waals surface area contributed by atoms with Crippen LogP contribution in [0, 0.1) is 19.3 Å². The molecule has 3 aliphatic rings. The van der Waals surface area contributed by atoms with E-state index in [1.54, 1.807) is 0 Å². The summed E-state index contributed by atoms with van der Waals surface area (Å²) in [5.74, 6) is 0.502. The van der Waals surface area contributed by atoms with E-state index in [9.17, 15) is 4.79 Å². The van der Waals surface area contributed by atoms with Gasteiger partial charge in [0, 0.05) is 17.5 Å². The molecule has 1 amide bonds. The number of nitrogens with one attached hydrogen (secondary N) is 1. The zero-order chi connectivity index (χ0) is 19.5. The first-order valence-electron chi connectivity index (χ1n) is 10.1. The highest BCUT2D eigenvalue weighted by Crippen LogP contribution is 2.61. The standard InChI is InChI=1S/C26H25NO/c1-16-9-8-14-23(17(16)2)27-25(28)26(3)15-22-18-10-4-6-12-20(18)24(26)21-13-7-5-11-19(21)22/h4-14,22,24H,15H2,1-3H3,(H,27,28)/t22?,24?,26-/m0/s1. The predicted octanol–water partition coefficient (Wildman–Crippen LogP) is 5.93. The van der Waals surface area contributed by atoms with Crippen LogP contribution in [0.3, 0.4) is 0 Å². The number of hydrogen-bond acceptors (Lipinski definition) is 1. The van der Waals surface area contributed by atoms with Crippen LogP contribution in [0.4, 0.5) is 5.69 Å². The van der Waals surface area contributed by atoms with Gasteiger partial charge in [0.2, 0.25) is 5.91 Å². The molecular formula is C26H25NO. The molecule has 1 atom stereocenters. The van der Waals surface area contributed by atoms with Gasteiger partial charge in [-0.05, 0) is 66.6 Å². The van der Waals surface area contributed by atoms with Gasteiger partial charge in [-0.2, -0.15) is 0 Å². The highest BCUT2D eigenvalue weighted by Gasteiger charge is 2.53. The van der Waals surface area contributed by atoms with Crippen molar-refractivity contribution in [2.24, 2.45) is 5.41 Å². The molecule has 3 aliphatic carbocycles. The fraction of sp³-hybridized carbons (Fsp3) is 0.269. The molecule has 3 aromatic carbocycles. The van der Waals surface area contributed by atoms with E-state index >= 15 is 0 Å². The van der Waals surface area contributed by atoms with Crippen LogP contribution < -0.4 is 5.32 Å². The van der Waals surface area contributed by atoms with E-state index in [1.165, 1.54) is 27.8 Å². The lowest BCUT2D eigenvalue weighted by atomic mass is 9.52. The van der Waals surface area contributed by atoms with Crippen LogP contribution in [-0.2, 0) is 4.79 Å². The Morgan fingerprint density at radius 2 is 1.43 bits per heavy atom. The molecule has 3 aromatic rings. The number of hydrogen-bond donors (Lipinski definition) is 1. The Morgan fingerprint density at radius 1 is 0.857 bits per heavy atom. The number of carbonyl (C=O) groups is 1. The van der Waals surface area contributed by atoms with E-state index in [2.05, 4.69) is 80.7 Å². The number of fused-ring (bicyclic) bond motifs is 1. The van der Waals surface area contributed by atoms with Crippen molar-refractivity contribution in [1.82, 2.24) is 0 Å². The van der Waals surface area contributed by atoms with E-state index in [1.807, 2.05) is 12.1 Å². The van der Waals surface area contributed by atoms with Crippen molar-refractivity contribution in [1.29, 1.82) is 0 Å². The number of aryl methyl sites for hydroxylation is 1.